The lowest BCUT2D eigenvalue weighted by atomic mass is 9.83. The molecule has 0 amide bonds. The average Bonchev–Trinajstić information content (AvgIpc) is 2.23. The molecule has 0 nitrogen and oxygen atoms in total. The molecule has 0 radical (unpaired) electrons. The number of rotatable bonds is 8. The SMILES string of the molecule is CCC=CC(CC)CCCC(C)(C)CC. The van der Waals surface area contributed by atoms with E-state index in [0.29, 0.717) is 5.41 Å². The van der Waals surface area contributed by atoms with Gasteiger partial charge in [0.2, 0.25) is 0 Å². The lowest BCUT2D eigenvalue weighted by Gasteiger charge is -2.23. The highest BCUT2D eigenvalue weighted by Crippen LogP contribution is 2.28. The van der Waals surface area contributed by atoms with E-state index in [1.165, 1.54) is 38.5 Å². The second kappa shape index (κ2) is 7.96. The predicted molar refractivity (Wildman–Crippen MR) is 71.1 cm³/mol. The standard InChI is InChI=1S/C15H30/c1-6-9-11-14(7-2)12-10-13-15(4,5)8-3/h9,11,14H,6-8,10,12-13H2,1-5H3. The number of hydrogen-bond donors (Lipinski definition) is 0. The second-order valence-electron chi connectivity index (χ2n) is 5.41. The van der Waals surface area contributed by atoms with Gasteiger partial charge in [-0.05, 0) is 37.0 Å². The molecule has 0 N–H and O–H groups in total. The molecule has 15 heavy (non-hydrogen) atoms. The van der Waals surface area contributed by atoms with Gasteiger partial charge in [-0.3, -0.25) is 0 Å². The molecule has 90 valence electrons. The van der Waals surface area contributed by atoms with Crippen LogP contribution < -0.4 is 0 Å². The first kappa shape index (κ1) is 14.7. The third-order valence-electron chi connectivity index (χ3n) is 3.55. The summed E-state index contributed by atoms with van der Waals surface area (Å²) >= 11 is 0. The van der Waals surface area contributed by atoms with Crippen molar-refractivity contribution in [2.24, 2.45) is 11.3 Å². The van der Waals surface area contributed by atoms with Crippen molar-refractivity contribution < 1.29 is 0 Å². The molecule has 1 unspecified atom stereocenters. The van der Waals surface area contributed by atoms with Gasteiger partial charge in [0.05, 0.1) is 0 Å². The maximum atomic E-state index is 2.42. The molecular formula is C15H30. The summed E-state index contributed by atoms with van der Waals surface area (Å²) in [6.07, 6.45) is 12.6. The topological polar surface area (TPSA) is 0 Å². The molecule has 0 aliphatic heterocycles. The van der Waals surface area contributed by atoms with Crippen LogP contribution in [0.4, 0.5) is 0 Å². The van der Waals surface area contributed by atoms with E-state index >= 15 is 0 Å². The predicted octanol–water partition coefficient (Wildman–Crippen LogP) is 5.59. The summed E-state index contributed by atoms with van der Waals surface area (Å²) in [5.41, 5.74) is 0.548. The maximum absolute atomic E-state index is 2.42. The highest BCUT2D eigenvalue weighted by atomic mass is 14.2. The van der Waals surface area contributed by atoms with E-state index in [1.807, 2.05) is 0 Å². The third kappa shape index (κ3) is 7.64. The molecule has 1 atom stereocenters. The Hall–Kier alpha value is -0.260. The molecule has 0 bridgehead atoms. The van der Waals surface area contributed by atoms with Crippen molar-refractivity contribution >= 4 is 0 Å². The Bertz CT molecular complexity index is 165. The van der Waals surface area contributed by atoms with Gasteiger partial charge in [0.15, 0.2) is 0 Å². The van der Waals surface area contributed by atoms with Gasteiger partial charge in [-0.1, -0.05) is 59.6 Å². The van der Waals surface area contributed by atoms with Crippen molar-refractivity contribution in [3.05, 3.63) is 12.2 Å². The van der Waals surface area contributed by atoms with Crippen molar-refractivity contribution in [2.75, 3.05) is 0 Å². The van der Waals surface area contributed by atoms with Gasteiger partial charge >= 0.3 is 0 Å². The normalized spacial score (nSPS) is 14.7. The van der Waals surface area contributed by atoms with Gasteiger partial charge in [0.25, 0.3) is 0 Å². The fourth-order valence-corrected chi connectivity index (χ4v) is 1.78. The lowest BCUT2D eigenvalue weighted by molar-refractivity contribution is 0.301. The Balaban J connectivity index is 3.77. The molecule has 0 heterocycles. The zero-order valence-electron chi connectivity index (χ0n) is 11.5. The Morgan fingerprint density at radius 1 is 1.13 bits per heavy atom. The van der Waals surface area contributed by atoms with E-state index in [2.05, 4.69) is 46.8 Å². The zero-order valence-corrected chi connectivity index (χ0v) is 11.5. The van der Waals surface area contributed by atoms with E-state index in [9.17, 15) is 0 Å². The van der Waals surface area contributed by atoms with Crippen molar-refractivity contribution in [2.45, 2.75) is 73.1 Å². The van der Waals surface area contributed by atoms with E-state index in [0.717, 1.165) is 5.92 Å². The first-order valence-electron chi connectivity index (χ1n) is 6.72. The summed E-state index contributed by atoms with van der Waals surface area (Å²) in [6.45, 7) is 11.6. The van der Waals surface area contributed by atoms with Gasteiger partial charge in [0, 0.05) is 0 Å². The smallest absolute Gasteiger partial charge is 0.0236 e. The van der Waals surface area contributed by atoms with E-state index < -0.39 is 0 Å². The second-order valence-corrected chi connectivity index (χ2v) is 5.41. The molecule has 0 aromatic carbocycles. The Morgan fingerprint density at radius 2 is 1.80 bits per heavy atom. The molecule has 0 aromatic heterocycles. The van der Waals surface area contributed by atoms with Crippen LogP contribution in [0.5, 0.6) is 0 Å². The van der Waals surface area contributed by atoms with Crippen LogP contribution in [0.1, 0.15) is 73.1 Å². The summed E-state index contributed by atoms with van der Waals surface area (Å²) in [5, 5.41) is 0. The van der Waals surface area contributed by atoms with Gasteiger partial charge in [-0.15, -0.1) is 0 Å². The van der Waals surface area contributed by atoms with E-state index in [4.69, 9.17) is 0 Å². The van der Waals surface area contributed by atoms with Gasteiger partial charge in [0.1, 0.15) is 0 Å². The van der Waals surface area contributed by atoms with Crippen molar-refractivity contribution in [1.29, 1.82) is 0 Å². The molecular weight excluding hydrogens is 180 g/mol. The molecule has 0 aromatic rings. The molecule has 0 aliphatic carbocycles. The van der Waals surface area contributed by atoms with Crippen LogP contribution in [0.3, 0.4) is 0 Å². The Labute approximate surface area is 97.2 Å². The first-order chi connectivity index (χ1) is 7.05. The summed E-state index contributed by atoms with van der Waals surface area (Å²) < 4.78 is 0. The van der Waals surface area contributed by atoms with Crippen LogP contribution in [0.2, 0.25) is 0 Å². The molecule has 0 aliphatic rings. The van der Waals surface area contributed by atoms with Gasteiger partial charge in [-0.25, -0.2) is 0 Å². The lowest BCUT2D eigenvalue weighted by Crippen LogP contribution is -2.09. The zero-order chi connectivity index (χ0) is 11.7. The number of allylic oxidation sites excluding steroid dienone is 2. The fourth-order valence-electron chi connectivity index (χ4n) is 1.78. The summed E-state index contributed by atoms with van der Waals surface area (Å²) in [5.74, 6) is 0.817. The van der Waals surface area contributed by atoms with Crippen LogP contribution in [0.15, 0.2) is 12.2 Å². The van der Waals surface area contributed by atoms with E-state index in [1.54, 1.807) is 0 Å². The minimum absolute atomic E-state index is 0.548. The highest BCUT2D eigenvalue weighted by Gasteiger charge is 2.14. The summed E-state index contributed by atoms with van der Waals surface area (Å²) in [4.78, 5) is 0. The quantitative estimate of drug-likeness (QED) is 0.458. The van der Waals surface area contributed by atoms with Crippen molar-refractivity contribution in [3.8, 4) is 0 Å². The van der Waals surface area contributed by atoms with E-state index in [-0.39, 0.29) is 0 Å². The van der Waals surface area contributed by atoms with Crippen molar-refractivity contribution in [3.63, 3.8) is 0 Å². The highest BCUT2D eigenvalue weighted by molar-refractivity contribution is 4.87. The molecule has 0 saturated carbocycles. The minimum atomic E-state index is 0.548. The van der Waals surface area contributed by atoms with Gasteiger partial charge in [-0.2, -0.15) is 0 Å². The summed E-state index contributed by atoms with van der Waals surface area (Å²) in [6, 6.07) is 0. The number of hydrogen-bond acceptors (Lipinski definition) is 0. The van der Waals surface area contributed by atoms with Gasteiger partial charge < -0.3 is 0 Å². The monoisotopic (exact) mass is 210 g/mol. The van der Waals surface area contributed by atoms with Crippen LogP contribution in [-0.4, -0.2) is 0 Å². The molecule has 0 spiro atoms. The third-order valence-corrected chi connectivity index (χ3v) is 3.55. The first-order valence-corrected chi connectivity index (χ1v) is 6.72. The van der Waals surface area contributed by atoms with Crippen LogP contribution in [-0.2, 0) is 0 Å². The summed E-state index contributed by atoms with van der Waals surface area (Å²) in [7, 11) is 0. The fraction of sp³-hybridized carbons (Fsp3) is 0.867. The largest absolute Gasteiger partial charge is 0.0885 e. The molecule has 0 fully saturated rings. The molecule has 0 heteroatoms. The van der Waals surface area contributed by atoms with Crippen molar-refractivity contribution in [1.82, 2.24) is 0 Å². The minimum Gasteiger partial charge on any atom is -0.0885 e. The molecule has 0 saturated heterocycles. The van der Waals surface area contributed by atoms with Crippen LogP contribution in [0.25, 0.3) is 0 Å². The van der Waals surface area contributed by atoms with Crippen LogP contribution >= 0.6 is 0 Å². The Morgan fingerprint density at radius 3 is 2.27 bits per heavy atom. The maximum Gasteiger partial charge on any atom is -0.0236 e. The van der Waals surface area contributed by atoms with Crippen LogP contribution in [0, 0.1) is 11.3 Å². The molecule has 0 rings (SSSR count). The average molecular weight is 210 g/mol. The Kier molecular flexibility index (Phi) is 7.82.